The Hall–Kier alpha value is -4.01. The van der Waals surface area contributed by atoms with Crippen molar-refractivity contribution in [3.63, 3.8) is 0 Å². The van der Waals surface area contributed by atoms with E-state index in [-0.39, 0.29) is 24.3 Å². The molecule has 0 aliphatic rings. The molecular formula is C22H21N3O6. The van der Waals surface area contributed by atoms with Gasteiger partial charge < -0.3 is 13.9 Å². The second-order valence-corrected chi connectivity index (χ2v) is 6.61. The summed E-state index contributed by atoms with van der Waals surface area (Å²) in [6.45, 7) is 1.39. The predicted octanol–water partition coefficient (Wildman–Crippen LogP) is 2.49. The molecule has 0 bridgehead atoms. The Bertz CT molecular complexity index is 1070. The van der Waals surface area contributed by atoms with Crippen molar-refractivity contribution >= 4 is 17.8 Å². The van der Waals surface area contributed by atoms with Crippen LogP contribution in [0, 0.1) is 6.92 Å². The van der Waals surface area contributed by atoms with Crippen molar-refractivity contribution in [1.82, 2.24) is 15.5 Å². The molecule has 160 valence electrons. The normalized spacial score (nSPS) is 10.4. The fraction of sp³-hybridized carbons (Fsp3) is 0.227. The molecule has 2 amide bonds. The van der Waals surface area contributed by atoms with E-state index in [1.807, 2.05) is 31.2 Å². The largest absolute Gasteiger partial charge is 0.496 e. The lowest BCUT2D eigenvalue weighted by atomic mass is 10.1. The maximum Gasteiger partial charge on any atom is 0.306 e. The van der Waals surface area contributed by atoms with Gasteiger partial charge in [0.2, 0.25) is 11.8 Å². The number of esters is 1. The molecule has 9 heteroatoms. The third-order valence-electron chi connectivity index (χ3n) is 4.28. The van der Waals surface area contributed by atoms with Crippen molar-refractivity contribution in [1.29, 1.82) is 0 Å². The lowest BCUT2D eigenvalue weighted by molar-refractivity contribution is -0.148. The highest BCUT2D eigenvalue weighted by Gasteiger charge is 2.16. The summed E-state index contributed by atoms with van der Waals surface area (Å²) in [4.78, 5) is 35.9. The number of nitrogens with zero attached hydrogens (tertiary/aromatic N) is 2. The Morgan fingerprint density at radius 3 is 2.52 bits per heavy atom. The van der Waals surface area contributed by atoms with Crippen molar-refractivity contribution in [2.45, 2.75) is 19.8 Å². The van der Waals surface area contributed by atoms with E-state index in [1.54, 1.807) is 18.2 Å². The number of hydrogen-bond donors (Lipinski definition) is 1. The van der Waals surface area contributed by atoms with E-state index >= 15 is 0 Å². The number of hydrogen-bond acceptors (Lipinski definition) is 8. The van der Waals surface area contributed by atoms with Gasteiger partial charge in [-0.3, -0.25) is 19.7 Å². The molecule has 0 atom stereocenters. The minimum Gasteiger partial charge on any atom is -0.496 e. The zero-order valence-electron chi connectivity index (χ0n) is 17.1. The molecule has 0 aliphatic carbocycles. The van der Waals surface area contributed by atoms with Crippen molar-refractivity contribution < 1.29 is 28.3 Å². The van der Waals surface area contributed by atoms with Gasteiger partial charge >= 0.3 is 5.97 Å². The van der Waals surface area contributed by atoms with Crippen LogP contribution in [0.4, 0.5) is 0 Å². The van der Waals surface area contributed by atoms with Crippen molar-refractivity contribution in [2.24, 2.45) is 0 Å². The van der Waals surface area contributed by atoms with E-state index in [4.69, 9.17) is 13.9 Å². The Morgan fingerprint density at radius 1 is 1.03 bits per heavy atom. The first-order valence-electron chi connectivity index (χ1n) is 9.48. The number of ether oxygens (including phenoxy) is 2. The lowest BCUT2D eigenvalue weighted by Gasteiger charge is -2.08. The van der Waals surface area contributed by atoms with E-state index in [1.165, 1.54) is 13.2 Å². The molecule has 31 heavy (non-hydrogen) atoms. The number of aromatic nitrogens is 2. The molecule has 0 fully saturated rings. The molecule has 3 rings (SSSR count). The highest BCUT2D eigenvalue weighted by atomic mass is 16.5. The first kappa shape index (κ1) is 21.7. The van der Waals surface area contributed by atoms with E-state index in [2.05, 4.69) is 15.5 Å². The van der Waals surface area contributed by atoms with Crippen LogP contribution in [0.1, 0.15) is 28.2 Å². The van der Waals surface area contributed by atoms with Crippen molar-refractivity contribution in [3.8, 4) is 17.2 Å². The lowest BCUT2D eigenvalue weighted by Crippen LogP contribution is -2.34. The molecule has 3 aromatic rings. The van der Waals surface area contributed by atoms with Gasteiger partial charge in [-0.25, -0.2) is 0 Å². The number of aryl methyl sites for hydroxylation is 2. The summed E-state index contributed by atoms with van der Waals surface area (Å²) in [5, 5.41) is 10.0. The number of benzene rings is 2. The molecule has 0 saturated heterocycles. The number of methoxy groups -OCH3 is 1. The van der Waals surface area contributed by atoms with Crippen LogP contribution in [0.15, 0.2) is 52.9 Å². The zero-order valence-corrected chi connectivity index (χ0v) is 17.1. The van der Waals surface area contributed by atoms with Gasteiger partial charge in [0.25, 0.3) is 11.8 Å². The van der Waals surface area contributed by atoms with Gasteiger partial charge in [-0.05, 0) is 31.2 Å². The molecular weight excluding hydrogens is 402 g/mol. The molecule has 9 nitrogen and oxygen atoms in total. The van der Waals surface area contributed by atoms with E-state index in [9.17, 15) is 14.4 Å². The standard InChI is InChI=1S/C22H21N3O6/c1-14-7-9-15(10-8-14)22-25-24-19(31-22)11-12-20(27)30-13-18(26)23-21(28)16-5-3-4-6-17(16)29-2/h3-10H,11-13H2,1-2H3,(H,23,26,28). The zero-order chi connectivity index (χ0) is 22.2. The molecule has 1 N–H and O–H groups in total. The first-order chi connectivity index (χ1) is 15.0. The van der Waals surface area contributed by atoms with Crippen molar-refractivity contribution in [2.75, 3.05) is 13.7 Å². The van der Waals surface area contributed by atoms with E-state index in [0.717, 1.165) is 11.1 Å². The Balaban J connectivity index is 1.43. The molecule has 0 radical (unpaired) electrons. The van der Waals surface area contributed by atoms with Crippen LogP contribution in [0.5, 0.6) is 5.75 Å². The van der Waals surface area contributed by atoms with Gasteiger partial charge in [-0.2, -0.15) is 0 Å². The smallest absolute Gasteiger partial charge is 0.306 e. The number of para-hydroxylation sites is 1. The molecule has 1 heterocycles. The number of carbonyl (C=O) groups is 3. The molecule has 2 aromatic carbocycles. The fourth-order valence-corrected chi connectivity index (χ4v) is 2.66. The number of carbonyl (C=O) groups excluding carboxylic acids is 3. The van der Waals surface area contributed by atoms with Gasteiger partial charge in [0.15, 0.2) is 6.61 Å². The molecule has 0 saturated carbocycles. The van der Waals surface area contributed by atoms with Gasteiger partial charge in [-0.15, -0.1) is 10.2 Å². The quantitative estimate of drug-likeness (QED) is 0.549. The summed E-state index contributed by atoms with van der Waals surface area (Å²) in [6, 6.07) is 14.1. The van der Waals surface area contributed by atoms with Crippen LogP contribution in [0.3, 0.4) is 0 Å². The SMILES string of the molecule is COc1ccccc1C(=O)NC(=O)COC(=O)CCc1nnc(-c2ccc(C)cc2)o1. The summed E-state index contributed by atoms with van der Waals surface area (Å²) < 4.78 is 15.5. The van der Waals surface area contributed by atoms with Crippen LogP contribution in [0.25, 0.3) is 11.5 Å². The van der Waals surface area contributed by atoms with Gasteiger partial charge in [-0.1, -0.05) is 29.8 Å². The Kier molecular flexibility index (Phi) is 7.10. The average Bonchev–Trinajstić information content (AvgIpc) is 3.25. The van der Waals surface area contributed by atoms with Gasteiger partial charge in [0.1, 0.15) is 5.75 Å². The Morgan fingerprint density at radius 2 is 1.77 bits per heavy atom. The van der Waals surface area contributed by atoms with Crippen molar-refractivity contribution in [3.05, 3.63) is 65.5 Å². The van der Waals surface area contributed by atoms with Crippen LogP contribution in [-0.2, 0) is 20.7 Å². The predicted molar refractivity (Wildman–Crippen MR) is 109 cm³/mol. The van der Waals surface area contributed by atoms with Crippen LogP contribution in [-0.4, -0.2) is 41.7 Å². The van der Waals surface area contributed by atoms with Gasteiger partial charge in [0, 0.05) is 12.0 Å². The fourth-order valence-electron chi connectivity index (χ4n) is 2.66. The minimum absolute atomic E-state index is 0.0523. The number of imide groups is 1. The van der Waals surface area contributed by atoms with Crippen LogP contribution < -0.4 is 10.1 Å². The second-order valence-electron chi connectivity index (χ2n) is 6.61. The van der Waals surface area contributed by atoms with Crippen LogP contribution in [0.2, 0.25) is 0 Å². The third kappa shape index (κ3) is 5.99. The maximum absolute atomic E-state index is 12.1. The summed E-state index contributed by atoms with van der Waals surface area (Å²) in [5.41, 5.74) is 2.09. The summed E-state index contributed by atoms with van der Waals surface area (Å²) in [5.74, 6) is -1.05. The number of nitrogens with one attached hydrogen (secondary N) is 1. The maximum atomic E-state index is 12.1. The number of amides is 2. The monoisotopic (exact) mass is 423 g/mol. The molecule has 0 aliphatic heterocycles. The topological polar surface area (TPSA) is 121 Å². The third-order valence-corrected chi connectivity index (χ3v) is 4.28. The molecule has 0 unspecified atom stereocenters. The summed E-state index contributed by atoms with van der Waals surface area (Å²) >= 11 is 0. The summed E-state index contributed by atoms with van der Waals surface area (Å²) in [7, 11) is 1.42. The highest BCUT2D eigenvalue weighted by molar-refractivity contribution is 6.06. The van der Waals surface area contributed by atoms with E-state index < -0.39 is 24.4 Å². The average molecular weight is 423 g/mol. The summed E-state index contributed by atoms with van der Waals surface area (Å²) in [6.07, 6.45) is 0.114. The Labute approximate surface area is 178 Å². The first-order valence-corrected chi connectivity index (χ1v) is 9.48. The number of rotatable bonds is 8. The van der Waals surface area contributed by atoms with Gasteiger partial charge in [0.05, 0.1) is 19.1 Å². The molecule has 1 aromatic heterocycles. The second kappa shape index (κ2) is 10.1. The minimum atomic E-state index is -0.747. The molecule has 0 spiro atoms. The van der Waals surface area contributed by atoms with E-state index in [0.29, 0.717) is 11.6 Å². The highest BCUT2D eigenvalue weighted by Crippen LogP contribution is 2.19. The van der Waals surface area contributed by atoms with Crippen LogP contribution >= 0.6 is 0 Å².